The van der Waals surface area contributed by atoms with Crippen LogP contribution in [-0.4, -0.2) is 13.2 Å². The highest BCUT2D eigenvalue weighted by Crippen LogP contribution is 1.89. The molecular formula is C7H18O. The van der Waals surface area contributed by atoms with Crippen molar-refractivity contribution in [2.24, 2.45) is 0 Å². The van der Waals surface area contributed by atoms with E-state index in [1.807, 2.05) is 13.8 Å². The zero-order valence-electron chi connectivity index (χ0n) is 6.69. The molecule has 0 spiro atoms. The Morgan fingerprint density at radius 1 is 1.38 bits per heavy atom. The first-order valence-corrected chi connectivity index (χ1v) is 3.34. The van der Waals surface area contributed by atoms with E-state index in [0.717, 1.165) is 6.42 Å². The van der Waals surface area contributed by atoms with Crippen LogP contribution in [-0.2, 0) is 4.74 Å². The Labute approximate surface area is 53.0 Å². The van der Waals surface area contributed by atoms with Gasteiger partial charge in [0.1, 0.15) is 0 Å². The molecule has 1 nitrogen and oxygen atoms in total. The van der Waals surface area contributed by atoms with Crippen LogP contribution in [0.4, 0.5) is 0 Å². The Hall–Kier alpha value is -0.0400. The molecule has 0 aliphatic carbocycles. The summed E-state index contributed by atoms with van der Waals surface area (Å²) >= 11 is 0. The van der Waals surface area contributed by atoms with Gasteiger partial charge in [-0.05, 0) is 13.3 Å². The second kappa shape index (κ2) is 10.0. The van der Waals surface area contributed by atoms with Gasteiger partial charge in [-0.1, -0.05) is 20.8 Å². The topological polar surface area (TPSA) is 9.23 Å². The predicted molar refractivity (Wildman–Crippen MR) is 38.1 cm³/mol. The van der Waals surface area contributed by atoms with Crippen LogP contribution in [0.1, 0.15) is 34.1 Å². The smallest absolute Gasteiger partial charge is 0.0540 e. The zero-order valence-corrected chi connectivity index (χ0v) is 6.69. The molecule has 8 heavy (non-hydrogen) atoms. The van der Waals surface area contributed by atoms with E-state index in [9.17, 15) is 0 Å². The van der Waals surface area contributed by atoms with Crippen LogP contribution in [0.25, 0.3) is 0 Å². The van der Waals surface area contributed by atoms with Crippen LogP contribution in [0.2, 0.25) is 0 Å². The van der Waals surface area contributed by atoms with Gasteiger partial charge in [0.15, 0.2) is 0 Å². The number of hydrogen-bond acceptors (Lipinski definition) is 1. The highest BCUT2D eigenvalue weighted by molar-refractivity contribution is 4.38. The van der Waals surface area contributed by atoms with Crippen molar-refractivity contribution in [3.8, 4) is 0 Å². The van der Waals surface area contributed by atoms with Gasteiger partial charge in [-0.2, -0.15) is 0 Å². The van der Waals surface area contributed by atoms with E-state index < -0.39 is 0 Å². The lowest BCUT2D eigenvalue weighted by Gasteiger charge is -2.01. The van der Waals surface area contributed by atoms with Crippen LogP contribution < -0.4 is 0 Å². The van der Waals surface area contributed by atoms with Crippen molar-refractivity contribution in [1.82, 2.24) is 0 Å². The molecular weight excluding hydrogens is 100 g/mol. The van der Waals surface area contributed by atoms with E-state index in [4.69, 9.17) is 4.74 Å². The lowest BCUT2D eigenvalue weighted by Crippen LogP contribution is -2.00. The number of methoxy groups -OCH3 is 1. The molecule has 0 bridgehead atoms. The predicted octanol–water partition coefficient (Wildman–Crippen LogP) is 2.46. The minimum Gasteiger partial charge on any atom is -0.382 e. The molecule has 0 fully saturated rings. The summed E-state index contributed by atoms with van der Waals surface area (Å²) in [6.07, 6.45) is 1.54. The van der Waals surface area contributed by atoms with Crippen LogP contribution in [0.15, 0.2) is 0 Å². The van der Waals surface area contributed by atoms with Gasteiger partial charge in [0.2, 0.25) is 0 Å². The van der Waals surface area contributed by atoms with E-state index in [-0.39, 0.29) is 0 Å². The molecule has 1 heteroatoms. The van der Waals surface area contributed by atoms with Gasteiger partial charge in [0, 0.05) is 7.11 Å². The number of rotatable bonds is 2. The van der Waals surface area contributed by atoms with Gasteiger partial charge < -0.3 is 4.74 Å². The third kappa shape index (κ3) is 9.35. The van der Waals surface area contributed by atoms with Gasteiger partial charge in [0.25, 0.3) is 0 Å². The fourth-order valence-corrected chi connectivity index (χ4v) is 0.167. The molecule has 0 N–H and O–H groups in total. The summed E-state index contributed by atoms with van der Waals surface area (Å²) in [4.78, 5) is 0. The molecule has 0 radical (unpaired) electrons. The first kappa shape index (κ1) is 10.9. The highest BCUT2D eigenvalue weighted by Gasteiger charge is 1.88. The SMILES string of the molecule is CC.CC[C@@H](C)OC. The standard InChI is InChI=1S/C5H12O.C2H6/c1-4-5(2)6-3;1-2/h5H,4H2,1-3H3;1-2H3/t5-;/m1./s1. The fraction of sp³-hybridized carbons (Fsp3) is 1.00. The third-order valence-electron chi connectivity index (χ3n) is 0.977. The molecule has 0 unspecified atom stereocenters. The van der Waals surface area contributed by atoms with Gasteiger partial charge in [-0.25, -0.2) is 0 Å². The summed E-state index contributed by atoms with van der Waals surface area (Å²) in [6, 6.07) is 0. The normalized spacial score (nSPS) is 11.6. The molecule has 0 saturated carbocycles. The summed E-state index contributed by atoms with van der Waals surface area (Å²) in [7, 11) is 1.73. The summed E-state index contributed by atoms with van der Waals surface area (Å²) in [5, 5.41) is 0. The Kier molecular flexibility index (Phi) is 13.6. The van der Waals surface area contributed by atoms with E-state index in [1.165, 1.54) is 0 Å². The maximum atomic E-state index is 4.90. The minimum atomic E-state index is 0.435. The largest absolute Gasteiger partial charge is 0.382 e. The molecule has 0 rings (SSSR count). The van der Waals surface area contributed by atoms with Gasteiger partial charge in [-0.3, -0.25) is 0 Å². The monoisotopic (exact) mass is 118 g/mol. The van der Waals surface area contributed by atoms with Gasteiger partial charge in [0.05, 0.1) is 6.10 Å². The van der Waals surface area contributed by atoms with Crippen molar-refractivity contribution in [3.05, 3.63) is 0 Å². The average molecular weight is 118 g/mol. The maximum absolute atomic E-state index is 4.90. The molecule has 0 amide bonds. The first-order valence-electron chi connectivity index (χ1n) is 3.34. The van der Waals surface area contributed by atoms with E-state index in [2.05, 4.69) is 13.8 Å². The molecule has 0 aliphatic rings. The van der Waals surface area contributed by atoms with Crippen molar-refractivity contribution in [2.75, 3.05) is 7.11 Å². The second-order valence-corrected chi connectivity index (χ2v) is 1.45. The Bertz CT molecular complexity index is 23.6. The number of ether oxygens (including phenoxy) is 1. The fourth-order valence-electron chi connectivity index (χ4n) is 0.167. The van der Waals surface area contributed by atoms with Gasteiger partial charge in [-0.15, -0.1) is 0 Å². The molecule has 0 aromatic rings. The zero-order chi connectivity index (χ0) is 6.99. The van der Waals surface area contributed by atoms with Gasteiger partial charge >= 0.3 is 0 Å². The van der Waals surface area contributed by atoms with Crippen molar-refractivity contribution in [3.63, 3.8) is 0 Å². The quantitative estimate of drug-likeness (QED) is 0.541. The summed E-state index contributed by atoms with van der Waals surface area (Å²) in [6.45, 7) is 8.16. The summed E-state index contributed by atoms with van der Waals surface area (Å²) < 4.78 is 4.90. The first-order chi connectivity index (χ1) is 3.81. The van der Waals surface area contributed by atoms with Crippen molar-refractivity contribution in [2.45, 2.75) is 40.2 Å². The highest BCUT2D eigenvalue weighted by atomic mass is 16.5. The molecule has 0 aromatic carbocycles. The molecule has 0 saturated heterocycles. The van der Waals surface area contributed by atoms with Crippen molar-refractivity contribution < 1.29 is 4.74 Å². The summed E-state index contributed by atoms with van der Waals surface area (Å²) in [5.74, 6) is 0. The third-order valence-corrected chi connectivity index (χ3v) is 0.977. The summed E-state index contributed by atoms with van der Waals surface area (Å²) in [5.41, 5.74) is 0. The van der Waals surface area contributed by atoms with Crippen molar-refractivity contribution in [1.29, 1.82) is 0 Å². The minimum absolute atomic E-state index is 0.435. The maximum Gasteiger partial charge on any atom is 0.0540 e. The van der Waals surface area contributed by atoms with E-state index >= 15 is 0 Å². The molecule has 1 atom stereocenters. The van der Waals surface area contributed by atoms with Crippen LogP contribution in [0, 0.1) is 0 Å². The lowest BCUT2D eigenvalue weighted by molar-refractivity contribution is 0.115. The van der Waals surface area contributed by atoms with Crippen molar-refractivity contribution >= 4 is 0 Å². The van der Waals surface area contributed by atoms with Crippen LogP contribution >= 0.6 is 0 Å². The average Bonchev–Trinajstić information content (AvgIpc) is 1.91. The Morgan fingerprint density at radius 2 is 1.75 bits per heavy atom. The number of hydrogen-bond donors (Lipinski definition) is 0. The Balaban J connectivity index is 0. The lowest BCUT2D eigenvalue weighted by atomic mass is 10.3. The van der Waals surface area contributed by atoms with Crippen LogP contribution in [0.5, 0.6) is 0 Å². The van der Waals surface area contributed by atoms with Crippen LogP contribution in [0.3, 0.4) is 0 Å². The molecule has 0 heterocycles. The molecule has 52 valence electrons. The van der Waals surface area contributed by atoms with E-state index in [0.29, 0.717) is 6.10 Å². The Morgan fingerprint density at radius 3 is 1.75 bits per heavy atom. The van der Waals surface area contributed by atoms with E-state index in [1.54, 1.807) is 7.11 Å². The molecule has 0 aliphatic heterocycles. The molecule has 0 aromatic heterocycles. The second-order valence-electron chi connectivity index (χ2n) is 1.45.